The van der Waals surface area contributed by atoms with Gasteiger partial charge in [-0.25, -0.2) is 15.0 Å². The van der Waals surface area contributed by atoms with Crippen molar-refractivity contribution in [3.05, 3.63) is 40.7 Å². The molecule has 9 heteroatoms. The summed E-state index contributed by atoms with van der Waals surface area (Å²) in [6.07, 6.45) is 4.25. The number of H-pyrrole nitrogens is 1. The van der Waals surface area contributed by atoms with Gasteiger partial charge in [-0.3, -0.25) is 4.79 Å². The van der Waals surface area contributed by atoms with Crippen molar-refractivity contribution in [1.82, 2.24) is 19.9 Å². The monoisotopic (exact) mass is 264 g/mol. The lowest BCUT2D eigenvalue weighted by Gasteiger charge is -2.04. The molecule has 2 heterocycles. The Balaban J connectivity index is 2.38. The topological polar surface area (TPSA) is 130 Å². The number of oxime groups is 1. The Bertz CT molecular complexity index is 641. The molecular formula is C9H8N6O2S. The molecule has 0 atom stereocenters. The van der Waals surface area contributed by atoms with Gasteiger partial charge in [0.15, 0.2) is 11.0 Å². The molecule has 0 amide bonds. The summed E-state index contributed by atoms with van der Waals surface area (Å²) in [5.41, 5.74) is 5.41. The molecular weight excluding hydrogens is 256 g/mol. The van der Waals surface area contributed by atoms with Gasteiger partial charge < -0.3 is 15.9 Å². The van der Waals surface area contributed by atoms with E-state index in [-0.39, 0.29) is 17.1 Å². The summed E-state index contributed by atoms with van der Waals surface area (Å²) in [7, 11) is 0. The predicted molar refractivity (Wildman–Crippen MR) is 63.5 cm³/mol. The molecule has 0 saturated heterocycles. The Hall–Kier alpha value is -2.42. The summed E-state index contributed by atoms with van der Waals surface area (Å²) in [6.45, 7) is 0. The molecule has 2 aromatic heterocycles. The Morgan fingerprint density at radius 2 is 2.11 bits per heavy atom. The van der Waals surface area contributed by atoms with Crippen molar-refractivity contribution < 1.29 is 5.21 Å². The number of hydrogen-bond acceptors (Lipinski definition) is 7. The highest BCUT2D eigenvalue weighted by Crippen LogP contribution is 2.23. The van der Waals surface area contributed by atoms with Crippen LogP contribution in [0.1, 0.15) is 5.69 Å². The van der Waals surface area contributed by atoms with Gasteiger partial charge in [0.25, 0.3) is 5.56 Å². The van der Waals surface area contributed by atoms with E-state index in [2.05, 4.69) is 25.1 Å². The maximum absolute atomic E-state index is 11.1. The van der Waals surface area contributed by atoms with Crippen LogP contribution in [0.25, 0.3) is 0 Å². The van der Waals surface area contributed by atoms with Crippen molar-refractivity contribution in [3.63, 3.8) is 0 Å². The van der Waals surface area contributed by atoms with E-state index in [0.29, 0.717) is 10.2 Å². The van der Waals surface area contributed by atoms with Gasteiger partial charge in [0.2, 0.25) is 0 Å². The van der Waals surface area contributed by atoms with Crippen LogP contribution in [0.3, 0.4) is 0 Å². The second-order valence-corrected chi connectivity index (χ2v) is 4.01. The van der Waals surface area contributed by atoms with E-state index in [1.165, 1.54) is 24.7 Å². The van der Waals surface area contributed by atoms with Crippen LogP contribution in [0.2, 0.25) is 0 Å². The molecule has 4 N–H and O–H groups in total. The summed E-state index contributed by atoms with van der Waals surface area (Å²) in [5, 5.41) is 12.2. The van der Waals surface area contributed by atoms with Crippen LogP contribution in [0.4, 0.5) is 0 Å². The van der Waals surface area contributed by atoms with Crippen LogP contribution in [0, 0.1) is 0 Å². The molecule has 2 rings (SSSR count). The smallest absolute Gasteiger partial charge is 0.251 e. The third-order valence-corrected chi connectivity index (χ3v) is 2.75. The lowest BCUT2D eigenvalue weighted by atomic mass is 10.4. The van der Waals surface area contributed by atoms with Crippen molar-refractivity contribution in [2.45, 2.75) is 10.2 Å². The molecule has 0 aliphatic carbocycles. The second kappa shape index (κ2) is 5.27. The predicted octanol–water partition coefficient (Wildman–Crippen LogP) is -0.194. The summed E-state index contributed by atoms with van der Waals surface area (Å²) < 4.78 is 0. The number of rotatable bonds is 3. The molecule has 8 nitrogen and oxygen atoms in total. The van der Waals surface area contributed by atoms with Crippen LogP contribution in [0.5, 0.6) is 0 Å². The van der Waals surface area contributed by atoms with Crippen LogP contribution in [-0.2, 0) is 0 Å². The van der Waals surface area contributed by atoms with E-state index in [1.54, 1.807) is 0 Å². The average Bonchev–Trinajstić information content (AvgIpc) is 2.38. The third kappa shape index (κ3) is 2.63. The van der Waals surface area contributed by atoms with Crippen LogP contribution in [0.15, 0.2) is 44.8 Å². The largest absolute Gasteiger partial charge is 0.409 e. The van der Waals surface area contributed by atoms with E-state index in [1.807, 2.05) is 0 Å². The maximum Gasteiger partial charge on any atom is 0.251 e. The lowest BCUT2D eigenvalue weighted by Crippen LogP contribution is -2.17. The average molecular weight is 264 g/mol. The standard InChI is InChI=1S/C9H8N6O2S/c10-7(15-17)6-8(12-4-3-11-6)18-9-13-2-1-5(16)14-9/h1-4,17H,(H2,10,15)(H,13,14,16). The molecule has 0 saturated carbocycles. The Labute approximate surface area is 105 Å². The van der Waals surface area contributed by atoms with Gasteiger partial charge in [-0.1, -0.05) is 5.16 Å². The highest BCUT2D eigenvalue weighted by Gasteiger charge is 2.12. The minimum atomic E-state index is -0.276. The molecule has 2 aromatic rings. The molecule has 0 aliphatic rings. The number of aromatic amines is 1. The van der Waals surface area contributed by atoms with E-state index < -0.39 is 0 Å². The summed E-state index contributed by atoms with van der Waals surface area (Å²) >= 11 is 1.06. The van der Waals surface area contributed by atoms with Crippen molar-refractivity contribution in [2.75, 3.05) is 0 Å². The number of aromatic nitrogens is 4. The highest BCUT2D eigenvalue weighted by atomic mass is 32.2. The molecule has 0 fully saturated rings. The van der Waals surface area contributed by atoms with E-state index in [9.17, 15) is 4.79 Å². The molecule has 0 aliphatic heterocycles. The van der Waals surface area contributed by atoms with Gasteiger partial charge in [-0.05, 0) is 11.8 Å². The Kier molecular flexibility index (Phi) is 3.53. The summed E-state index contributed by atoms with van der Waals surface area (Å²) in [4.78, 5) is 25.6. The zero-order valence-corrected chi connectivity index (χ0v) is 9.76. The zero-order chi connectivity index (χ0) is 13.0. The third-order valence-electron chi connectivity index (χ3n) is 1.86. The van der Waals surface area contributed by atoms with Crippen LogP contribution >= 0.6 is 11.8 Å². The number of hydrogen-bond donors (Lipinski definition) is 3. The quantitative estimate of drug-likeness (QED) is 0.230. The second-order valence-electron chi connectivity index (χ2n) is 3.04. The summed E-state index contributed by atoms with van der Waals surface area (Å²) in [6, 6.07) is 1.30. The van der Waals surface area contributed by atoms with E-state index in [0.717, 1.165) is 11.8 Å². The van der Waals surface area contributed by atoms with Gasteiger partial charge in [-0.2, -0.15) is 0 Å². The Morgan fingerprint density at radius 3 is 2.83 bits per heavy atom. The fourth-order valence-corrected chi connectivity index (χ4v) is 1.93. The maximum atomic E-state index is 11.1. The lowest BCUT2D eigenvalue weighted by molar-refractivity contribution is 0.318. The van der Waals surface area contributed by atoms with Crippen molar-refractivity contribution in [3.8, 4) is 0 Å². The van der Waals surface area contributed by atoms with E-state index >= 15 is 0 Å². The van der Waals surface area contributed by atoms with Gasteiger partial charge in [0.05, 0.1) is 0 Å². The zero-order valence-electron chi connectivity index (χ0n) is 8.94. The first-order chi connectivity index (χ1) is 8.70. The molecule has 0 radical (unpaired) electrons. The number of nitrogens with zero attached hydrogens (tertiary/aromatic N) is 4. The molecule has 0 spiro atoms. The number of amidine groups is 1. The normalized spacial score (nSPS) is 11.4. The van der Waals surface area contributed by atoms with Gasteiger partial charge >= 0.3 is 0 Å². The van der Waals surface area contributed by atoms with E-state index in [4.69, 9.17) is 10.9 Å². The van der Waals surface area contributed by atoms with Crippen molar-refractivity contribution >= 4 is 17.6 Å². The van der Waals surface area contributed by atoms with Crippen molar-refractivity contribution in [1.29, 1.82) is 0 Å². The van der Waals surface area contributed by atoms with Gasteiger partial charge in [0.1, 0.15) is 10.7 Å². The van der Waals surface area contributed by atoms with Gasteiger partial charge in [0, 0.05) is 24.7 Å². The highest BCUT2D eigenvalue weighted by molar-refractivity contribution is 7.99. The molecule has 0 bridgehead atoms. The first-order valence-corrected chi connectivity index (χ1v) is 5.54. The summed E-state index contributed by atoms with van der Waals surface area (Å²) in [5.74, 6) is -0.163. The first-order valence-electron chi connectivity index (χ1n) is 4.73. The van der Waals surface area contributed by atoms with Crippen LogP contribution < -0.4 is 11.3 Å². The minimum Gasteiger partial charge on any atom is -0.409 e. The molecule has 0 unspecified atom stereocenters. The van der Waals surface area contributed by atoms with Crippen LogP contribution in [-0.4, -0.2) is 31.0 Å². The minimum absolute atomic E-state index is 0.163. The fraction of sp³-hybridized carbons (Fsp3) is 0. The first kappa shape index (κ1) is 12.0. The van der Waals surface area contributed by atoms with Crippen molar-refractivity contribution in [2.24, 2.45) is 10.9 Å². The Morgan fingerprint density at radius 1 is 1.33 bits per heavy atom. The molecule has 0 aromatic carbocycles. The number of nitrogens with one attached hydrogen (secondary N) is 1. The molecule has 18 heavy (non-hydrogen) atoms. The SMILES string of the molecule is N/C(=N/O)c1nccnc1Sc1nccc(=O)[nH]1. The molecule has 92 valence electrons. The van der Waals surface area contributed by atoms with Gasteiger partial charge in [-0.15, -0.1) is 0 Å². The number of nitrogens with two attached hydrogens (primary N) is 1. The fourth-order valence-electron chi connectivity index (χ4n) is 1.12.